The lowest BCUT2D eigenvalue weighted by molar-refractivity contribution is -0.116. The molecule has 1 heterocycles. The summed E-state index contributed by atoms with van der Waals surface area (Å²) in [5.41, 5.74) is 1.48. The lowest BCUT2D eigenvalue weighted by Crippen LogP contribution is -2.30. The smallest absolute Gasteiger partial charge is 0.242 e. The molecule has 3 rings (SSSR count). The molecular weight excluding hydrogens is 424 g/mol. The quantitative estimate of drug-likeness (QED) is 0.766. The van der Waals surface area contributed by atoms with Crippen molar-refractivity contribution in [2.24, 2.45) is 0 Å². The monoisotopic (exact) mass is 442 g/mol. The fraction of sp³-hybridized carbons (Fsp3) is 0.278. The summed E-state index contributed by atoms with van der Waals surface area (Å²) in [4.78, 5) is 12.0. The normalized spacial score (nSPS) is 16.5. The Bertz CT molecular complexity index is 1140. The molecule has 10 heteroatoms. The van der Waals surface area contributed by atoms with Crippen molar-refractivity contribution in [3.05, 3.63) is 58.1 Å². The molecule has 1 N–H and O–H groups in total. The van der Waals surface area contributed by atoms with E-state index >= 15 is 0 Å². The van der Waals surface area contributed by atoms with Crippen LogP contribution in [-0.4, -0.2) is 28.5 Å². The van der Waals surface area contributed by atoms with Gasteiger partial charge in [-0.25, -0.2) is 25.9 Å². The number of amides is 1. The Kier molecular flexibility index (Phi) is 5.55. The molecule has 2 aromatic carbocycles. The molecule has 0 atom stereocenters. The Hall–Kier alpha value is -1.94. The summed E-state index contributed by atoms with van der Waals surface area (Å²) in [5.74, 6) is -0.769. The third-order valence-corrected chi connectivity index (χ3v) is 8.20. The van der Waals surface area contributed by atoms with Crippen LogP contribution in [0.5, 0.6) is 0 Å². The molecule has 1 aliphatic heterocycles. The minimum Gasteiger partial charge on any atom is -0.273 e. The Morgan fingerprint density at radius 3 is 2.29 bits per heavy atom. The Morgan fingerprint density at radius 2 is 1.75 bits per heavy atom. The predicted molar refractivity (Wildman–Crippen MR) is 107 cm³/mol. The van der Waals surface area contributed by atoms with Gasteiger partial charge >= 0.3 is 0 Å². The third-order valence-electron chi connectivity index (χ3n) is 4.44. The summed E-state index contributed by atoms with van der Waals surface area (Å²) in [6.45, 7) is 3.14. The summed E-state index contributed by atoms with van der Waals surface area (Å²) in [5, 5.41) is 0.451. The second-order valence-electron chi connectivity index (χ2n) is 6.55. The van der Waals surface area contributed by atoms with E-state index in [9.17, 15) is 21.6 Å². The molecule has 28 heavy (non-hydrogen) atoms. The molecule has 2 aromatic rings. The van der Waals surface area contributed by atoms with Crippen LogP contribution in [0, 0.1) is 13.8 Å². The summed E-state index contributed by atoms with van der Waals surface area (Å²) in [6, 6.07) is 9.70. The molecule has 0 aromatic heterocycles. The number of nitrogens with zero attached hydrogens (tertiary/aromatic N) is 1. The SMILES string of the molecule is Cc1cc(N2C(=O)CCS2(=O)=O)cc(C)c1S(=O)(=O)NCc1ccccc1Cl. The van der Waals surface area contributed by atoms with Gasteiger partial charge in [0.25, 0.3) is 0 Å². The van der Waals surface area contributed by atoms with E-state index in [-0.39, 0.29) is 29.3 Å². The van der Waals surface area contributed by atoms with E-state index in [4.69, 9.17) is 11.6 Å². The van der Waals surface area contributed by atoms with Crippen molar-refractivity contribution in [2.75, 3.05) is 10.1 Å². The molecule has 1 fully saturated rings. The van der Waals surface area contributed by atoms with E-state index < -0.39 is 26.0 Å². The molecule has 0 aliphatic carbocycles. The lowest BCUT2D eigenvalue weighted by Gasteiger charge is -2.19. The molecule has 0 unspecified atom stereocenters. The highest BCUT2D eigenvalue weighted by Gasteiger charge is 2.37. The number of anilines is 1. The van der Waals surface area contributed by atoms with Crippen LogP contribution in [0.4, 0.5) is 5.69 Å². The number of hydrogen-bond donors (Lipinski definition) is 1. The van der Waals surface area contributed by atoms with Crippen LogP contribution >= 0.6 is 11.6 Å². The summed E-state index contributed by atoms with van der Waals surface area (Å²) >= 11 is 6.07. The fourth-order valence-corrected chi connectivity index (χ4v) is 6.33. The van der Waals surface area contributed by atoms with E-state index in [0.717, 1.165) is 4.31 Å². The van der Waals surface area contributed by atoms with Gasteiger partial charge in [0, 0.05) is 18.0 Å². The predicted octanol–water partition coefficient (Wildman–Crippen LogP) is 2.50. The van der Waals surface area contributed by atoms with Gasteiger partial charge in [0.1, 0.15) is 0 Å². The van der Waals surface area contributed by atoms with E-state index in [2.05, 4.69) is 4.72 Å². The maximum atomic E-state index is 12.8. The van der Waals surface area contributed by atoms with Gasteiger partial charge in [-0.15, -0.1) is 0 Å². The van der Waals surface area contributed by atoms with E-state index in [1.807, 2.05) is 0 Å². The summed E-state index contributed by atoms with van der Waals surface area (Å²) < 4.78 is 53.2. The minimum atomic E-state index is -3.88. The molecule has 7 nitrogen and oxygen atoms in total. The second kappa shape index (κ2) is 7.47. The first-order valence-corrected chi connectivity index (χ1v) is 11.9. The number of nitrogens with one attached hydrogen (secondary N) is 1. The molecule has 0 saturated carbocycles. The van der Waals surface area contributed by atoms with Crippen molar-refractivity contribution in [3.63, 3.8) is 0 Å². The standard InChI is InChI=1S/C18H19ClN2O5S2/c1-12-9-15(21-17(22)7-8-27(21,23)24)10-13(2)18(12)28(25,26)20-11-14-5-3-4-6-16(14)19/h3-6,9-10,20H,7-8,11H2,1-2H3. The van der Waals surface area contributed by atoms with Gasteiger partial charge in [0.05, 0.1) is 16.3 Å². The number of aryl methyl sites for hydroxylation is 2. The average Bonchev–Trinajstić information content (AvgIpc) is 2.86. The molecule has 0 radical (unpaired) electrons. The Labute approximate surface area is 169 Å². The maximum absolute atomic E-state index is 12.8. The van der Waals surface area contributed by atoms with Crippen molar-refractivity contribution >= 4 is 43.2 Å². The molecule has 150 valence electrons. The van der Waals surface area contributed by atoms with E-state index in [1.165, 1.54) is 12.1 Å². The van der Waals surface area contributed by atoms with Crippen molar-refractivity contribution in [2.45, 2.75) is 31.7 Å². The van der Waals surface area contributed by atoms with Gasteiger partial charge < -0.3 is 0 Å². The highest BCUT2D eigenvalue weighted by molar-refractivity contribution is 7.94. The number of carbonyl (C=O) groups excluding carboxylic acids is 1. The van der Waals surface area contributed by atoms with Gasteiger partial charge in [-0.05, 0) is 48.7 Å². The molecule has 0 spiro atoms. The zero-order valence-corrected chi connectivity index (χ0v) is 17.7. The molecule has 1 saturated heterocycles. The summed E-state index contributed by atoms with van der Waals surface area (Å²) in [7, 11) is -7.60. The topological polar surface area (TPSA) is 101 Å². The van der Waals surface area contributed by atoms with Crippen LogP contribution in [0.25, 0.3) is 0 Å². The number of carbonyl (C=O) groups is 1. The average molecular weight is 443 g/mol. The number of halogens is 1. The number of hydrogen-bond acceptors (Lipinski definition) is 5. The third kappa shape index (κ3) is 3.93. The highest BCUT2D eigenvalue weighted by Crippen LogP contribution is 2.31. The second-order valence-corrected chi connectivity index (χ2v) is 10.6. The van der Waals surface area contributed by atoms with E-state index in [1.54, 1.807) is 38.1 Å². The van der Waals surface area contributed by atoms with Gasteiger partial charge in [0.2, 0.25) is 26.0 Å². The largest absolute Gasteiger partial charge is 0.273 e. The van der Waals surface area contributed by atoms with Gasteiger partial charge in [0.15, 0.2) is 0 Å². The van der Waals surface area contributed by atoms with Crippen LogP contribution in [0.1, 0.15) is 23.1 Å². The fourth-order valence-electron chi connectivity index (χ4n) is 3.22. The summed E-state index contributed by atoms with van der Waals surface area (Å²) in [6.07, 6.45) is -0.0835. The molecular formula is C18H19ClN2O5S2. The zero-order valence-electron chi connectivity index (χ0n) is 15.3. The van der Waals surface area contributed by atoms with Crippen molar-refractivity contribution in [1.29, 1.82) is 0 Å². The van der Waals surface area contributed by atoms with Crippen molar-refractivity contribution < 1.29 is 21.6 Å². The van der Waals surface area contributed by atoms with Crippen LogP contribution in [-0.2, 0) is 31.4 Å². The maximum Gasteiger partial charge on any atom is 0.242 e. The van der Waals surface area contributed by atoms with Crippen molar-refractivity contribution in [1.82, 2.24) is 4.72 Å². The lowest BCUT2D eigenvalue weighted by atomic mass is 10.1. The Balaban J connectivity index is 1.94. The van der Waals surface area contributed by atoms with Crippen LogP contribution in [0.3, 0.4) is 0 Å². The van der Waals surface area contributed by atoms with Crippen molar-refractivity contribution in [3.8, 4) is 0 Å². The Morgan fingerprint density at radius 1 is 1.14 bits per heavy atom. The van der Waals surface area contributed by atoms with Crippen LogP contribution in [0.2, 0.25) is 5.02 Å². The van der Waals surface area contributed by atoms with Gasteiger partial charge in [-0.3, -0.25) is 4.79 Å². The molecule has 1 aliphatic rings. The number of benzene rings is 2. The first kappa shape index (κ1) is 20.8. The number of rotatable bonds is 5. The first-order valence-electron chi connectivity index (χ1n) is 8.43. The van der Waals surface area contributed by atoms with Gasteiger partial charge in [-0.1, -0.05) is 29.8 Å². The van der Waals surface area contributed by atoms with Crippen LogP contribution in [0.15, 0.2) is 41.3 Å². The van der Waals surface area contributed by atoms with E-state index in [0.29, 0.717) is 21.7 Å². The van der Waals surface area contributed by atoms with Crippen LogP contribution < -0.4 is 9.03 Å². The zero-order chi connectivity index (χ0) is 20.7. The van der Waals surface area contributed by atoms with Gasteiger partial charge in [-0.2, -0.15) is 0 Å². The molecule has 1 amide bonds. The minimum absolute atomic E-state index is 0.0155. The first-order chi connectivity index (χ1) is 13.0. The molecule has 0 bridgehead atoms. The number of sulfonamides is 2. The highest BCUT2D eigenvalue weighted by atomic mass is 35.5.